The Morgan fingerprint density at radius 1 is 0.603 bits per heavy atom. The Labute approximate surface area is 367 Å². The molecule has 58 heavy (non-hydrogen) atoms. The Morgan fingerprint density at radius 3 is 1.50 bits per heavy atom. The number of hydrogen-bond donors (Lipinski definition) is 0. The van der Waals surface area contributed by atoms with E-state index in [1.165, 1.54) is 125 Å². The molecule has 1 atom stereocenters. The van der Waals surface area contributed by atoms with E-state index in [0.29, 0.717) is 11.3 Å². The Morgan fingerprint density at radius 2 is 1.09 bits per heavy atom. The molecule has 0 aliphatic heterocycles. The minimum absolute atomic E-state index is 0.302. The summed E-state index contributed by atoms with van der Waals surface area (Å²) in [4.78, 5) is 0. The van der Waals surface area contributed by atoms with Crippen LogP contribution < -0.4 is 0 Å². The van der Waals surface area contributed by atoms with Gasteiger partial charge in [-0.1, -0.05) is 141 Å². The molecule has 0 heterocycles. The molecule has 1 unspecified atom stereocenters. The van der Waals surface area contributed by atoms with Crippen molar-refractivity contribution in [3.05, 3.63) is 201 Å². The van der Waals surface area contributed by atoms with E-state index in [4.69, 9.17) is 0 Å². The predicted molar refractivity (Wildman–Crippen MR) is 249 cm³/mol. The summed E-state index contributed by atoms with van der Waals surface area (Å²) in [7, 11) is 0. The van der Waals surface area contributed by atoms with Crippen molar-refractivity contribution < 1.29 is 24.2 Å². The molecule has 0 aromatic heterocycles. The summed E-state index contributed by atoms with van der Waals surface area (Å²) in [6.45, 7) is 26.3. The van der Waals surface area contributed by atoms with Gasteiger partial charge in [-0.3, -0.25) is 6.08 Å². The van der Waals surface area contributed by atoms with Crippen LogP contribution in [-0.2, 0) is 30.7 Å². The SMILES string of the molecule is CCC1[C-]=CC(C(C)(C)C)=C1.Cc1cc(C)c(-c2[c-]c3c(cc2)-c2ccc(-c4c(C)cc(C)cc4C)cc2C3)c(C)c1.Cc1cc[c-]cc1.Cc1cc[c-]cc1.[CH2]=[Zr]. The molecule has 0 saturated carbocycles. The topological polar surface area (TPSA) is 0 Å². The molecule has 0 saturated heterocycles. The van der Waals surface area contributed by atoms with Crippen LogP contribution in [0.5, 0.6) is 0 Å². The molecule has 1 heteroatoms. The van der Waals surface area contributed by atoms with E-state index in [2.05, 4.69) is 178 Å². The van der Waals surface area contributed by atoms with Crippen molar-refractivity contribution in [2.24, 2.45) is 11.3 Å². The summed E-state index contributed by atoms with van der Waals surface area (Å²) in [5.74, 6) is 0.573. The van der Waals surface area contributed by atoms with Gasteiger partial charge in [0.2, 0.25) is 0 Å². The molecule has 0 N–H and O–H groups in total. The van der Waals surface area contributed by atoms with Crippen molar-refractivity contribution in [3.8, 4) is 33.4 Å². The van der Waals surface area contributed by atoms with E-state index >= 15 is 0 Å². The monoisotopic (exact) mass is 836 g/mol. The van der Waals surface area contributed by atoms with Crippen LogP contribution in [0, 0.1) is 91.0 Å². The summed E-state index contributed by atoms with van der Waals surface area (Å²) >= 11 is 1.30. The molecule has 0 fully saturated rings. The van der Waals surface area contributed by atoms with E-state index in [0.717, 1.165) is 6.42 Å². The first-order valence-electron chi connectivity index (χ1n) is 20.5. The summed E-state index contributed by atoms with van der Waals surface area (Å²) < 4.78 is 3.34. The van der Waals surface area contributed by atoms with E-state index in [9.17, 15) is 0 Å². The molecule has 0 bridgehead atoms. The fourth-order valence-corrected chi connectivity index (χ4v) is 7.82. The first-order valence-corrected chi connectivity index (χ1v) is 22.3. The van der Waals surface area contributed by atoms with Gasteiger partial charge in [-0.05, 0) is 75.8 Å². The van der Waals surface area contributed by atoms with Crippen molar-refractivity contribution in [1.29, 1.82) is 0 Å². The normalized spacial score (nSPS) is 13.2. The van der Waals surface area contributed by atoms with Gasteiger partial charge in [-0.15, -0.1) is 29.3 Å². The Kier molecular flexibility index (Phi) is 17.2. The van der Waals surface area contributed by atoms with Crippen LogP contribution in [-0.4, -0.2) is 4.21 Å². The second-order valence-corrected chi connectivity index (χ2v) is 16.7. The Bertz CT molecular complexity index is 2140. The summed E-state index contributed by atoms with van der Waals surface area (Å²) in [5.41, 5.74) is 23.0. The third kappa shape index (κ3) is 12.5. The van der Waals surface area contributed by atoms with Gasteiger partial charge < -0.3 is 0 Å². The fraction of sp³-hybridized carbons (Fsp3) is 0.281. The number of rotatable bonds is 3. The third-order valence-corrected chi connectivity index (χ3v) is 10.6. The molecule has 0 spiro atoms. The summed E-state index contributed by atoms with van der Waals surface area (Å²) in [6.07, 6.45) is 9.96. The number of hydrogen-bond acceptors (Lipinski definition) is 0. The number of allylic oxidation sites excluding steroid dienone is 4. The van der Waals surface area contributed by atoms with E-state index in [1.54, 1.807) is 0 Å². The molecule has 0 radical (unpaired) electrons. The van der Waals surface area contributed by atoms with Crippen LogP contribution in [0.4, 0.5) is 0 Å². The van der Waals surface area contributed by atoms with Gasteiger partial charge in [0, 0.05) is 0 Å². The van der Waals surface area contributed by atoms with Gasteiger partial charge in [-0.25, -0.2) is 6.08 Å². The summed E-state index contributed by atoms with van der Waals surface area (Å²) in [5, 5.41) is 0. The van der Waals surface area contributed by atoms with Crippen molar-refractivity contribution in [3.63, 3.8) is 0 Å². The first-order chi connectivity index (χ1) is 27.6. The average molecular weight is 838 g/mol. The van der Waals surface area contributed by atoms with Crippen LogP contribution in [0.25, 0.3) is 33.4 Å². The van der Waals surface area contributed by atoms with Crippen molar-refractivity contribution in [1.82, 2.24) is 0 Å². The quantitative estimate of drug-likeness (QED) is 0.156. The average Bonchev–Trinajstić information content (AvgIpc) is 3.82. The first kappa shape index (κ1) is 46.2. The van der Waals surface area contributed by atoms with Crippen LogP contribution >= 0.6 is 0 Å². The fourth-order valence-electron chi connectivity index (χ4n) is 7.82. The Balaban J connectivity index is 0.000000222. The molecule has 6 aromatic rings. The maximum atomic E-state index is 3.78. The third-order valence-electron chi connectivity index (χ3n) is 10.6. The number of aryl methyl sites for hydroxylation is 8. The van der Waals surface area contributed by atoms with Crippen LogP contribution in [0.2, 0.25) is 0 Å². The van der Waals surface area contributed by atoms with Crippen LogP contribution in [0.3, 0.4) is 0 Å². The van der Waals surface area contributed by atoms with Crippen LogP contribution in [0.15, 0.2) is 121 Å². The second kappa shape index (κ2) is 21.5. The summed E-state index contributed by atoms with van der Waals surface area (Å²) in [6, 6.07) is 46.1. The molecular weight excluding hydrogens is 776 g/mol. The van der Waals surface area contributed by atoms with Crippen molar-refractivity contribution in [2.75, 3.05) is 0 Å². The van der Waals surface area contributed by atoms with E-state index in [1.807, 2.05) is 48.5 Å². The predicted octanol–water partition coefficient (Wildman–Crippen LogP) is 15.2. The zero-order valence-corrected chi connectivity index (χ0v) is 39.6. The zero-order valence-electron chi connectivity index (χ0n) is 37.2. The van der Waals surface area contributed by atoms with Gasteiger partial charge in [0.1, 0.15) is 0 Å². The van der Waals surface area contributed by atoms with Gasteiger partial charge >= 0.3 is 28.4 Å². The molecular formula is C57H62Zr-4. The molecule has 8 rings (SSSR count). The van der Waals surface area contributed by atoms with Crippen LogP contribution in [0.1, 0.15) is 89.8 Å². The van der Waals surface area contributed by atoms with E-state index < -0.39 is 0 Å². The number of benzene rings is 6. The van der Waals surface area contributed by atoms with Gasteiger partial charge in [0.05, 0.1) is 0 Å². The maximum absolute atomic E-state index is 3.78. The Hall–Kier alpha value is -4.45. The van der Waals surface area contributed by atoms with Gasteiger partial charge in [0.15, 0.2) is 0 Å². The zero-order chi connectivity index (χ0) is 42.6. The standard InChI is InChI=1S/C31H29.C11H17.2C7H7.CH2.Zr/c1-18-11-20(3)30(21(4)12-18)24-7-9-28-26(15-24)17-27-16-25(8-10-29(27)28)31-22(5)13-19(2)14-23(31)6;1-5-9-6-7-10(8-9)11(2,3)4;2*1-7-5-3-2-4-6-7;;/h7-15H,17H2,1-6H3;7-9H,5H2,1-4H3;2*3-6H,1H3;1H2;/q4*-1;;. The van der Waals surface area contributed by atoms with Crippen molar-refractivity contribution >= 4 is 4.21 Å². The minimum atomic E-state index is 0.302. The van der Waals surface area contributed by atoms with Crippen molar-refractivity contribution in [2.45, 2.75) is 95.9 Å². The molecule has 2 aliphatic carbocycles. The molecule has 0 nitrogen and oxygen atoms in total. The molecule has 2 aliphatic rings. The van der Waals surface area contributed by atoms with E-state index in [-0.39, 0.29) is 0 Å². The van der Waals surface area contributed by atoms with Gasteiger partial charge in [-0.2, -0.15) is 83.4 Å². The molecule has 298 valence electrons. The molecule has 6 aromatic carbocycles. The van der Waals surface area contributed by atoms with Gasteiger partial charge in [0.25, 0.3) is 0 Å². The second-order valence-electron chi connectivity index (χ2n) is 16.7. The number of fused-ring (bicyclic) bond motifs is 3. The molecule has 0 amide bonds.